The molecule has 0 atom stereocenters. The van der Waals surface area contributed by atoms with Crippen LogP contribution in [0.3, 0.4) is 0 Å². The molecule has 0 heterocycles. The fourth-order valence-corrected chi connectivity index (χ4v) is 1.95. The lowest BCUT2D eigenvalue weighted by Crippen LogP contribution is -1.93. The fraction of sp³-hybridized carbons (Fsp3) is 0.500. The van der Waals surface area contributed by atoms with Crippen molar-refractivity contribution in [2.45, 2.75) is 71.0 Å². The number of allylic oxidation sites excluding steroid dienone is 10. The van der Waals surface area contributed by atoms with Gasteiger partial charge >= 0.3 is 5.97 Å². The van der Waals surface area contributed by atoms with E-state index < -0.39 is 19.2 Å². The number of carboxylic acids is 1. The first kappa shape index (κ1) is 14.5. The van der Waals surface area contributed by atoms with Crippen LogP contribution in [-0.2, 0) is 4.79 Å². The van der Waals surface area contributed by atoms with Gasteiger partial charge in [-0.2, -0.15) is 0 Å². The second kappa shape index (κ2) is 19.2. The van der Waals surface area contributed by atoms with Crippen molar-refractivity contribution in [2.75, 3.05) is 0 Å². The van der Waals surface area contributed by atoms with Gasteiger partial charge in [-0.1, -0.05) is 74.0 Å². The Hall–Kier alpha value is -1.83. The summed E-state index contributed by atoms with van der Waals surface area (Å²) in [5.41, 5.74) is 0. The van der Waals surface area contributed by atoms with Crippen molar-refractivity contribution in [2.24, 2.45) is 0 Å². The number of hydrogen-bond donors (Lipinski definition) is 1. The van der Waals surface area contributed by atoms with E-state index in [0.29, 0.717) is 6.42 Å². The van der Waals surface area contributed by atoms with Gasteiger partial charge < -0.3 is 5.11 Å². The summed E-state index contributed by atoms with van der Waals surface area (Å²) in [6.45, 7) is -2.64. The average molecular weight is 336 g/mol. The molecule has 0 radical (unpaired) electrons. The Morgan fingerprint density at radius 3 is 1.79 bits per heavy atom. The van der Waals surface area contributed by atoms with E-state index in [-0.39, 0.29) is 6.42 Å². The maximum absolute atomic E-state index is 10.4. The molecule has 0 spiro atoms. The maximum atomic E-state index is 10.4. The zero-order valence-electron chi connectivity index (χ0n) is 19.5. The predicted octanol–water partition coefficient (Wildman–Crippen LogP) is 6.77. The van der Waals surface area contributed by atoms with Crippen molar-refractivity contribution in [1.82, 2.24) is 0 Å². The van der Waals surface area contributed by atoms with Gasteiger partial charge in [-0.25, -0.2) is 0 Å². The average Bonchev–Trinajstić information content (AvgIpc) is 2.62. The molecule has 0 fully saturated rings. The molecule has 2 heteroatoms. The molecule has 0 rings (SSSR count). The summed E-state index contributed by atoms with van der Waals surface area (Å²) in [5.74, 6) is -0.720. The monoisotopic (exact) mass is 335 g/mol. The molecule has 2 nitrogen and oxygen atoms in total. The maximum Gasteiger partial charge on any atom is 0.303 e. The quantitative estimate of drug-likeness (QED) is 0.265. The third kappa shape index (κ3) is 20.2. The number of carbonyl (C=O) groups is 1. The molecule has 24 heavy (non-hydrogen) atoms. The van der Waals surface area contributed by atoms with Crippen LogP contribution in [0.1, 0.15) is 77.9 Å². The molecule has 0 saturated carbocycles. The van der Waals surface area contributed by atoms with Gasteiger partial charge in [0, 0.05) is 13.3 Å². The van der Waals surface area contributed by atoms with Gasteiger partial charge in [0.2, 0.25) is 0 Å². The number of hydrogen-bond acceptors (Lipinski definition) is 1. The number of carboxylic acid groups (broad SMARTS) is 1. The Morgan fingerprint density at radius 1 is 0.792 bits per heavy atom. The molecular formula is C22H34O2. The lowest BCUT2D eigenvalue weighted by molar-refractivity contribution is -0.137. The van der Waals surface area contributed by atoms with Crippen LogP contribution in [0.15, 0.2) is 60.8 Å². The van der Waals surface area contributed by atoms with E-state index in [1.807, 2.05) is 12.2 Å². The second-order valence-electron chi connectivity index (χ2n) is 5.37. The molecule has 0 aliphatic rings. The first-order valence-corrected chi connectivity index (χ1v) is 8.66. The molecule has 0 aliphatic heterocycles. The zero-order chi connectivity index (χ0) is 22.0. The Bertz CT molecular complexity index is 585. The molecular weight excluding hydrogens is 296 g/mol. The van der Waals surface area contributed by atoms with E-state index in [9.17, 15) is 4.79 Å². The van der Waals surface area contributed by atoms with Crippen molar-refractivity contribution in [1.29, 1.82) is 0 Å². The second-order valence-corrected chi connectivity index (χ2v) is 5.37. The van der Waals surface area contributed by atoms with Gasteiger partial charge in [-0.05, 0) is 51.3 Å². The van der Waals surface area contributed by atoms with E-state index in [4.69, 9.17) is 12.0 Å². The van der Waals surface area contributed by atoms with E-state index in [2.05, 4.69) is 36.5 Å². The number of rotatable bonds is 15. The van der Waals surface area contributed by atoms with Gasteiger partial charge in [0.15, 0.2) is 0 Å². The van der Waals surface area contributed by atoms with Gasteiger partial charge in [0.05, 0.1) is 0 Å². The summed E-state index contributed by atoms with van der Waals surface area (Å²) in [7, 11) is 0. The van der Waals surface area contributed by atoms with Crippen molar-refractivity contribution in [3.63, 3.8) is 0 Å². The van der Waals surface area contributed by atoms with Gasteiger partial charge in [0.1, 0.15) is 0 Å². The van der Waals surface area contributed by atoms with Crippen molar-refractivity contribution in [3.8, 4) is 0 Å². The fourth-order valence-electron chi connectivity index (χ4n) is 1.95. The summed E-state index contributed by atoms with van der Waals surface area (Å²) in [6, 6.07) is 0. The lowest BCUT2D eigenvalue weighted by atomic mass is 10.1. The molecule has 0 aromatic rings. The third-order valence-corrected chi connectivity index (χ3v) is 3.22. The van der Waals surface area contributed by atoms with Crippen molar-refractivity contribution >= 4 is 5.97 Å². The Kier molecular flexibility index (Phi) is 11.6. The topological polar surface area (TPSA) is 37.3 Å². The van der Waals surface area contributed by atoms with E-state index in [1.165, 1.54) is 0 Å². The number of unbranched alkanes of at least 4 members (excludes halogenated alkanes) is 3. The minimum atomic E-state index is -2.64. The van der Waals surface area contributed by atoms with Crippen LogP contribution in [0, 0.1) is 0 Å². The first-order valence-electron chi connectivity index (χ1n) is 11.2. The Balaban J connectivity index is 3.70. The lowest BCUT2D eigenvalue weighted by Gasteiger charge is -1.94. The van der Waals surface area contributed by atoms with Crippen LogP contribution < -0.4 is 0 Å². The molecule has 0 unspecified atom stereocenters. The highest BCUT2D eigenvalue weighted by atomic mass is 16.4. The standard InChI is InChI=1S/C22H34O2/c1-2-3-4-5-6-7-8-9-10-11-12-13-14-15-16-17-18-19-20-21-22(23)24/h3-4,6-7,9-10,12-13,15-16H,2,5,8,11,14,17-21H2,1H3,(H,23,24)/b4-3-,7-6-,10-9-,13-12-,16-15-/i1D3,2D2. The molecule has 0 bridgehead atoms. The third-order valence-electron chi connectivity index (χ3n) is 3.22. The van der Waals surface area contributed by atoms with Gasteiger partial charge in [-0.15, -0.1) is 0 Å². The summed E-state index contributed by atoms with van der Waals surface area (Å²) >= 11 is 0. The molecule has 0 aromatic heterocycles. The predicted molar refractivity (Wildman–Crippen MR) is 105 cm³/mol. The van der Waals surface area contributed by atoms with Crippen LogP contribution in [0.25, 0.3) is 0 Å². The summed E-state index contributed by atoms with van der Waals surface area (Å²) in [4.78, 5) is 10.4. The largest absolute Gasteiger partial charge is 0.481 e. The summed E-state index contributed by atoms with van der Waals surface area (Å²) < 4.78 is 36.2. The van der Waals surface area contributed by atoms with Crippen LogP contribution in [0.2, 0.25) is 0 Å². The normalized spacial score (nSPS) is 16.9. The van der Waals surface area contributed by atoms with Crippen LogP contribution in [0.5, 0.6) is 0 Å². The van der Waals surface area contributed by atoms with Crippen LogP contribution in [-0.4, -0.2) is 11.1 Å². The highest BCUT2D eigenvalue weighted by Gasteiger charge is 1.94. The van der Waals surface area contributed by atoms with E-state index in [1.54, 1.807) is 6.08 Å². The van der Waals surface area contributed by atoms with Crippen molar-refractivity contribution in [3.05, 3.63) is 60.8 Å². The molecule has 0 aliphatic carbocycles. The smallest absolute Gasteiger partial charge is 0.303 e. The van der Waals surface area contributed by atoms with E-state index >= 15 is 0 Å². The summed E-state index contributed by atoms with van der Waals surface area (Å²) in [6.07, 6.45) is 23.9. The van der Waals surface area contributed by atoms with Crippen LogP contribution in [0.4, 0.5) is 0 Å². The molecule has 0 saturated heterocycles. The highest BCUT2D eigenvalue weighted by Crippen LogP contribution is 2.04. The van der Waals surface area contributed by atoms with Gasteiger partial charge in [-0.3, -0.25) is 4.79 Å². The highest BCUT2D eigenvalue weighted by molar-refractivity contribution is 5.66. The molecule has 0 amide bonds. The van der Waals surface area contributed by atoms with Gasteiger partial charge in [0.25, 0.3) is 0 Å². The zero-order valence-corrected chi connectivity index (χ0v) is 14.5. The van der Waals surface area contributed by atoms with Crippen molar-refractivity contribution < 1.29 is 16.8 Å². The first-order chi connectivity index (χ1) is 13.7. The molecule has 134 valence electrons. The SMILES string of the molecule is [2H]C([2H])([2H])C([2H])([2H])/C=C\C/C=C\C/C=C\C/C=C\C/C=C\CCCCCC(=O)O. The number of aliphatic carboxylic acids is 1. The summed E-state index contributed by atoms with van der Waals surface area (Å²) in [5, 5.41) is 8.54. The van der Waals surface area contributed by atoms with Crippen LogP contribution >= 0.6 is 0 Å². The molecule has 0 aromatic carbocycles. The minimum absolute atomic E-state index is 0.262. The Morgan fingerprint density at radius 2 is 1.29 bits per heavy atom. The van der Waals surface area contributed by atoms with E-state index in [0.717, 1.165) is 51.0 Å². The Labute approximate surface area is 155 Å². The molecule has 1 N–H and O–H groups in total. The minimum Gasteiger partial charge on any atom is -0.481 e.